The van der Waals surface area contributed by atoms with Gasteiger partial charge in [0.2, 0.25) is 5.91 Å². The van der Waals surface area contributed by atoms with E-state index in [1.165, 1.54) is 6.07 Å². The first-order valence-corrected chi connectivity index (χ1v) is 9.25. The maximum Gasteiger partial charge on any atom is 0.311 e. The van der Waals surface area contributed by atoms with Crippen LogP contribution in [0.2, 0.25) is 0 Å². The molecule has 156 valence electrons. The summed E-state index contributed by atoms with van der Waals surface area (Å²) in [7, 11) is 0. The van der Waals surface area contributed by atoms with E-state index in [1.807, 2.05) is 41.5 Å². The summed E-state index contributed by atoms with van der Waals surface area (Å²) in [5.74, 6) is -1.25. The highest BCUT2D eigenvalue weighted by Crippen LogP contribution is 2.32. The Labute approximate surface area is 166 Å². The van der Waals surface area contributed by atoms with Crippen LogP contribution in [0.15, 0.2) is 18.2 Å². The Bertz CT molecular complexity index is 729. The van der Waals surface area contributed by atoms with Gasteiger partial charge in [-0.05, 0) is 34.9 Å². The molecule has 0 spiro atoms. The lowest BCUT2D eigenvalue weighted by Gasteiger charge is -2.19. The number of rotatable bonds is 7. The van der Waals surface area contributed by atoms with Crippen molar-refractivity contribution in [3.8, 4) is 11.5 Å². The Kier molecular flexibility index (Phi) is 7.75. The molecule has 0 saturated heterocycles. The molecule has 0 radical (unpaired) electrons. The smallest absolute Gasteiger partial charge is 0.311 e. The van der Waals surface area contributed by atoms with Crippen LogP contribution in [0.5, 0.6) is 11.5 Å². The minimum atomic E-state index is -0.868. The Hall–Kier alpha value is -2.41. The summed E-state index contributed by atoms with van der Waals surface area (Å²) >= 11 is 0. The second-order valence-corrected chi connectivity index (χ2v) is 9.42. The third-order valence-corrected chi connectivity index (χ3v) is 3.63. The minimum Gasteiger partial charge on any atom is -0.423 e. The van der Waals surface area contributed by atoms with E-state index >= 15 is 0 Å². The molecular weight excluding hydrogens is 360 g/mol. The molecule has 4 N–H and O–H groups in total. The van der Waals surface area contributed by atoms with Crippen molar-refractivity contribution in [1.82, 2.24) is 0 Å². The van der Waals surface area contributed by atoms with Gasteiger partial charge in [0.05, 0.1) is 18.9 Å². The van der Waals surface area contributed by atoms with Gasteiger partial charge in [-0.1, -0.05) is 47.6 Å². The van der Waals surface area contributed by atoms with E-state index in [9.17, 15) is 14.4 Å². The molecule has 0 aliphatic heterocycles. The number of carbonyl (C=O) groups excluding carboxylic acids is 3. The van der Waals surface area contributed by atoms with Gasteiger partial charge in [0.15, 0.2) is 11.5 Å². The molecule has 0 saturated carbocycles. The van der Waals surface area contributed by atoms with Crippen molar-refractivity contribution in [2.24, 2.45) is 22.3 Å². The summed E-state index contributed by atoms with van der Waals surface area (Å²) < 4.78 is 10.9. The number of esters is 2. The number of amides is 1. The Morgan fingerprint density at radius 1 is 0.893 bits per heavy atom. The van der Waals surface area contributed by atoms with Gasteiger partial charge in [0.1, 0.15) is 0 Å². The Morgan fingerprint density at radius 3 is 1.79 bits per heavy atom. The number of primary amides is 1. The van der Waals surface area contributed by atoms with E-state index in [4.69, 9.17) is 20.9 Å². The van der Waals surface area contributed by atoms with Crippen molar-refractivity contribution < 1.29 is 23.9 Å². The fraction of sp³-hybridized carbons (Fsp3) is 0.571. The van der Waals surface area contributed by atoms with Crippen molar-refractivity contribution in [2.75, 3.05) is 0 Å². The quantitative estimate of drug-likeness (QED) is 0.543. The Morgan fingerprint density at radius 2 is 1.36 bits per heavy atom. The molecule has 0 fully saturated rings. The number of hydrogen-bond donors (Lipinski definition) is 2. The molecule has 0 heterocycles. The highest BCUT2D eigenvalue weighted by atomic mass is 16.6. The summed E-state index contributed by atoms with van der Waals surface area (Å²) in [6, 6.07) is 3.86. The third-order valence-electron chi connectivity index (χ3n) is 3.63. The minimum absolute atomic E-state index is 0.116. The molecule has 0 aliphatic rings. The number of hydrogen-bond acceptors (Lipinski definition) is 6. The molecule has 1 rings (SSSR count). The van der Waals surface area contributed by atoms with E-state index in [-0.39, 0.29) is 41.6 Å². The predicted molar refractivity (Wildman–Crippen MR) is 107 cm³/mol. The van der Waals surface area contributed by atoms with Crippen molar-refractivity contribution in [3.05, 3.63) is 23.8 Å². The maximum absolute atomic E-state index is 12.3. The van der Waals surface area contributed by atoms with Crippen LogP contribution in [0.1, 0.15) is 59.9 Å². The molecule has 1 aromatic rings. The first kappa shape index (κ1) is 23.6. The van der Waals surface area contributed by atoms with Crippen LogP contribution >= 0.6 is 0 Å². The van der Waals surface area contributed by atoms with E-state index < -0.39 is 23.9 Å². The van der Waals surface area contributed by atoms with Crippen LogP contribution in [-0.2, 0) is 20.8 Å². The van der Waals surface area contributed by atoms with Crippen molar-refractivity contribution in [2.45, 2.75) is 66.8 Å². The zero-order valence-electron chi connectivity index (χ0n) is 17.6. The molecule has 7 nitrogen and oxygen atoms in total. The molecule has 0 aliphatic carbocycles. The second kappa shape index (κ2) is 9.19. The maximum atomic E-state index is 12.3. The van der Waals surface area contributed by atoms with Gasteiger partial charge in [0.25, 0.3) is 0 Å². The van der Waals surface area contributed by atoms with Crippen LogP contribution in [0.25, 0.3) is 0 Å². The van der Waals surface area contributed by atoms with Gasteiger partial charge in [-0.3, -0.25) is 14.4 Å². The van der Waals surface area contributed by atoms with Crippen LogP contribution in [0, 0.1) is 10.8 Å². The van der Waals surface area contributed by atoms with Gasteiger partial charge < -0.3 is 20.9 Å². The highest BCUT2D eigenvalue weighted by molar-refractivity contribution is 5.80. The second-order valence-electron chi connectivity index (χ2n) is 9.42. The fourth-order valence-electron chi connectivity index (χ4n) is 2.38. The van der Waals surface area contributed by atoms with Crippen LogP contribution in [0.3, 0.4) is 0 Å². The predicted octanol–water partition coefficient (Wildman–Crippen LogP) is 2.72. The number of nitrogens with two attached hydrogens (primary N) is 2. The lowest BCUT2D eigenvalue weighted by molar-refractivity contribution is -0.139. The molecule has 28 heavy (non-hydrogen) atoms. The zero-order chi connectivity index (χ0) is 21.7. The number of carbonyl (C=O) groups is 3. The van der Waals surface area contributed by atoms with Crippen molar-refractivity contribution in [3.63, 3.8) is 0 Å². The molecule has 1 atom stereocenters. The van der Waals surface area contributed by atoms with Gasteiger partial charge in [0, 0.05) is 0 Å². The van der Waals surface area contributed by atoms with Crippen LogP contribution < -0.4 is 20.9 Å². The zero-order valence-corrected chi connectivity index (χ0v) is 17.6. The first-order valence-electron chi connectivity index (χ1n) is 9.25. The molecule has 7 heteroatoms. The standard InChI is InChI=1S/C21H32N2O5/c1-20(2,3)11-17(24)27-15-8-7-13(9-14(22)19(23)26)10-16(15)28-18(25)12-21(4,5)6/h7-8,10,14H,9,11-12,22H2,1-6H3,(H2,23,26). The van der Waals surface area contributed by atoms with Gasteiger partial charge in [-0.25, -0.2) is 0 Å². The summed E-state index contributed by atoms with van der Waals surface area (Å²) in [4.78, 5) is 35.7. The number of benzene rings is 1. The topological polar surface area (TPSA) is 122 Å². The number of ether oxygens (including phenoxy) is 2. The Balaban J connectivity index is 3.10. The molecule has 1 amide bonds. The van der Waals surface area contributed by atoms with Crippen LogP contribution in [0.4, 0.5) is 0 Å². The van der Waals surface area contributed by atoms with Crippen molar-refractivity contribution >= 4 is 17.8 Å². The van der Waals surface area contributed by atoms with Gasteiger partial charge in [-0.15, -0.1) is 0 Å². The molecule has 1 unspecified atom stereocenters. The summed E-state index contributed by atoms with van der Waals surface area (Å²) in [6.07, 6.45) is 0.569. The van der Waals surface area contributed by atoms with Crippen LogP contribution in [-0.4, -0.2) is 23.9 Å². The first-order chi connectivity index (χ1) is 12.7. The van der Waals surface area contributed by atoms with E-state index in [0.717, 1.165) is 0 Å². The van der Waals surface area contributed by atoms with Gasteiger partial charge >= 0.3 is 11.9 Å². The molecule has 0 bridgehead atoms. The molecule has 0 aromatic heterocycles. The highest BCUT2D eigenvalue weighted by Gasteiger charge is 2.23. The SMILES string of the molecule is CC(C)(C)CC(=O)Oc1ccc(CC(N)C(N)=O)cc1OC(=O)CC(C)(C)C. The summed E-state index contributed by atoms with van der Waals surface area (Å²) in [5.41, 5.74) is 11.1. The molecule has 1 aromatic carbocycles. The van der Waals surface area contributed by atoms with Gasteiger partial charge in [-0.2, -0.15) is 0 Å². The van der Waals surface area contributed by atoms with E-state index in [1.54, 1.807) is 12.1 Å². The fourth-order valence-corrected chi connectivity index (χ4v) is 2.38. The lowest BCUT2D eigenvalue weighted by atomic mass is 9.92. The van der Waals surface area contributed by atoms with E-state index in [2.05, 4.69) is 0 Å². The summed E-state index contributed by atoms with van der Waals surface area (Å²) in [5, 5.41) is 0. The van der Waals surface area contributed by atoms with Crippen molar-refractivity contribution in [1.29, 1.82) is 0 Å². The lowest BCUT2D eigenvalue weighted by Crippen LogP contribution is -2.38. The molecular formula is C21H32N2O5. The largest absolute Gasteiger partial charge is 0.423 e. The third kappa shape index (κ3) is 8.99. The summed E-state index contributed by atoms with van der Waals surface area (Å²) in [6.45, 7) is 11.5. The average molecular weight is 392 g/mol. The van der Waals surface area contributed by atoms with E-state index in [0.29, 0.717) is 5.56 Å². The average Bonchev–Trinajstić information content (AvgIpc) is 2.45. The monoisotopic (exact) mass is 392 g/mol. The normalized spacial score (nSPS) is 13.0.